The van der Waals surface area contributed by atoms with E-state index in [1.54, 1.807) is 18.2 Å². The second-order valence-electron chi connectivity index (χ2n) is 4.85. The molecule has 0 fully saturated rings. The minimum Gasteiger partial charge on any atom is -0.492 e. The highest BCUT2D eigenvalue weighted by Gasteiger charge is 2.12. The molecule has 0 amide bonds. The topological polar surface area (TPSA) is 67.8 Å². The Hall–Kier alpha value is -1.42. The van der Waals surface area contributed by atoms with Crippen molar-refractivity contribution in [1.82, 2.24) is 0 Å². The summed E-state index contributed by atoms with van der Waals surface area (Å²) >= 11 is 5.97. The normalized spacial score (nSPS) is 13.2. The highest BCUT2D eigenvalue weighted by atomic mass is 35.5. The monoisotopic (exact) mass is 298 g/mol. The van der Waals surface area contributed by atoms with Crippen LogP contribution in [0.15, 0.2) is 23.4 Å². The molecule has 0 saturated carbocycles. The molecule has 0 aliphatic heterocycles. The number of amidine groups is 1. The third-order valence-corrected chi connectivity index (χ3v) is 3.58. The number of rotatable bonds is 8. The van der Waals surface area contributed by atoms with Crippen molar-refractivity contribution in [1.29, 1.82) is 0 Å². The molecule has 0 saturated heterocycles. The number of halogens is 1. The van der Waals surface area contributed by atoms with Gasteiger partial charge in [-0.05, 0) is 30.5 Å². The van der Waals surface area contributed by atoms with Crippen molar-refractivity contribution < 1.29 is 9.94 Å². The fourth-order valence-electron chi connectivity index (χ4n) is 1.99. The van der Waals surface area contributed by atoms with Crippen molar-refractivity contribution in [2.45, 2.75) is 39.5 Å². The fraction of sp³-hybridized carbons (Fsp3) is 0.533. The van der Waals surface area contributed by atoms with Crippen LogP contribution in [0.1, 0.15) is 45.1 Å². The second-order valence-corrected chi connectivity index (χ2v) is 5.29. The summed E-state index contributed by atoms with van der Waals surface area (Å²) in [6.07, 6.45) is 4.60. The van der Waals surface area contributed by atoms with E-state index in [2.05, 4.69) is 19.0 Å². The predicted octanol–water partition coefficient (Wildman–Crippen LogP) is 4.03. The van der Waals surface area contributed by atoms with E-state index in [4.69, 9.17) is 27.3 Å². The van der Waals surface area contributed by atoms with Crippen molar-refractivity contribution >= 4 is 17.4 Å². The average Bonchev–Trinajstić information content (AvgIpc) is 2.47. The van der Waals surface area contributed by atoms with Crippen LogP contribution in [0.5, 0.6) is 5.75 Å². The molecule has 3 N–H and O–H groups in total. The molecule has 0 heterocycles. The Bertz CT molecular complexity index is 449. The van der Waals surface area contributed by atoms with Crippen molar-refractivity contribution in [2.24, 2.45) is 16.8 Å². The molecule has 4 nitrogen and oxygen atoms in total. The Labute approximate surface area is 125 Å². The summed E-state index contributed by atoms with van der Waals surface area (Å²) in [5.41, 5.74) is 6.20. The van der Waals surface area contributed by atoms with Crippen molar-refractivity contribution in [3.05, 3.63) is 28.8 Å². The second kappa shape index (κ2) is 8.69. The van der Waals surface area contributed by atoms with Gasteiger partial charge in [0.05, 0.1) is 12.2 Å². The molecule has 1 aromatic carbocycles. The van der Waals surface area contributed by atoms with Gasteiger partial charge in [0.15, 0.2) is 5.84 Å². The van der Waals surface area contributed by atoms with Gasteiger partial charge in [-0.1, -0.05) is 49.9 Å². The minimum atomic E-state index is 0.0262. The number of hydrogen-bond donors (Lipinski definition) is 2. The first kappa shape index (κ1) is 16.6. The Balaban J connectivity index is 2.77. The molecular weight excluding hydrogens is 276 g/mol. The summed E-state index contributed by atoms with van der Waals surface area (Å²) in [6, 6.07) is 5.08. The molecule has 0 radical (unpaired) electrons. The molecule has 1 rings (SSSR count). The fourth-order valence-corrected chi connectivity index (χ4v) is 2.15. The molecule has 0 aliphatic rings. The van der Waals surface area contributed by atoms with Crippen LogP contribution in [0.3, 0.4) is 0 Å². The summed E-state index contributed by atoms with van der Waals surface area (Å²) in [4.78, 5) is 0. The number of hydrogen-bond acceptors (Lipinski definition) is 3. The summed E-state index contributed by atoms with van der Waals surface area (Å²) < 4.78 is 5.83. The van der Waals surface area contributed by atoms with E-state index in [1.165, 1.54) is 12.8 Å². The highest BCUT2D eigenvalue weighted by Crippen LogP contribution is 2.25. The standard InChI is InChI=1S/C15H23ClN2O2/c1-3-5-6-11(4-2)10-20-14-9-12(16)7-8-13(14)15(17)18-19/h7-9,11,19H,3-6,10H2,1-2H3,(H2,17,18). The predicted molar refractivity (Wildman–Crippen MR) is 82.8 cm³/mol. The van der Waals surface area contributed by atoms with Crippen LogP contribution < -0.4 is 10.5 Å². The van der Waals surface area contributed by atoms with Gasteiger partial charge in [-0.3, -0.25) is 0 Å². The maximum atomic E-state index is 8.80. The van der Waals surface area contributed by atoms with Gasteiger partial charge in [-0.15, -0.1) is 0 Å². The van der Waals surface area contributed by atoms with Gasteiger partial charge in [0.1, 0.15) is 5.75 Å². The van der Waals surface area contributed by atoms with E-state index in [9.17, 15) is 0 Å². The zero-order valence-corrected chi connectivity index (χ0v) is 12.9. The van der Waals surface area contributed by atoms with Crippen molar-refractivity contribution in [3.8, 4) is 5.75 Å². The van der Waals surface area contributed by atoms with E-state index in [-0.39, 0.29) is 5.84 Å². The van der Waals surface area contributed by atoms with Gasteiger partial charge in [0, 0.05) is 5.02 Å². The summed E-state index contributed by atoms with van der Waals surface area (Å²) in [7, 11) is 0. The van der Waals surface area contributed by atoms with Crippen LogP contribution in [-0.4, -0.2) is 17.6 Å². The summed E-state index contributed by atoms with van der Waals surface area (Å²) in [5, 5.41) is 12.4. The lowest BCUT2D eigenvalue weighted by Gasteiger charge is -2.17. The summed E-state index contributed by atoms with van der Waals surface area (Å²) in [5.74, 6) is 1.09. The molecule has 112 valence electrons. The molecule has 1 atom stereocenters. The zero-order valence-electron chi connectivity index (χ0n) is 12.1. The van der Waals surface area contributed by atoms with Crippen LogP contribution in [0, 0.1) is 5.92 Å². The lowest BCUT2D eigenvalue weighted by Crippen LogP contribution is -2.17. The van der Waals surface area contributed by atoms with Gasteiger partial charge in [-0.2, -0.15) is 0 Å². The lowest BCUT2D eigenvalue weighted by molar-refractivity contribution is 0.233. The van der Waals surface area contributed by atoms with E-state index in [0.29, 0.717) is 28.9 Å². The van der Waals surface area contributed by atoms with E-state index in [0.717, 1.165) is 12.8 Å². The first-order valence-electron chi connectivity index (χ1n) is 7.02. The largest absolute Gasteiger partial charge is 0.492 e. The average molecular weight is 299 g/mol. The van der Waals surface area contributed by atoms with Crippen LogP contribution in [0.25, 0.3) is 0 Å². The van der Waals surface area contributed by atoms with Gasteiger partial charge in [-0.25, -0.2) is 0 Å². The van der Waals surface area contributed by atoms with Crippen LogP contribution in [-0.2, 0) is 0 Å². The van der Waals surface area contributed by atoms with Crippen LogP contribution in [0.4, 0.5) is 0 Å². The smallest absolute Gasteiger partial charge is 0.173 e. The maximum Gasteiger partial charge on any atom is 0.173 e. The van der Waals surface area contributed by atoms with Crippen LogP contribution >= 0.6 is 11.6 Å². The number of unbranched alkanes of at least 4 members (excludes halogenated alkanes) is 1. The Kier molecular flexibility index (Phi) is 7.23. The molecule has 5 heteroatoms. The van der Waals surface area contributed by atoms with Crippen LogP contribution in [0.2, 0.25) is 5.02 Å². The molecule has 1 unspecified atom stereocenters. The Morgan fingerprint density at radius 2 is 2.20 bits per heavy atom. The number of nitrogens with two attached hydrogens (primary N) is 1. The Morgan fingerprint density at radius 1 is 1.45 bits per heavy atom. The first-order chi connectivity index (χ1) is 9.62. The van der Waals surface area contributed by atoms with E-state index >= 15 is 0 Å². The number of nitrogens with zero attached hydrogens (tertiary/aromatic N) is 1. The molecule has 0 aromatic heterocycles. The zero-order chi connectivity index (χ0) is 15.0. The van der Waals surface area contributed by atoms with Gasteiger partial charge >= 0.3 is 0 Å². The molecule has 1 aromatic rings. The molecule has 0 spiro atoms. The molecule has 0 aliphatic carbocycles. The number of benzene rings is 1. The quantitative estimate of drug-likeness (QED) is 0.329. The lowest BCUT2D eigenvalue weighted by atomic mass is 10.0. The summed E-state index contributed by atoms with van der Waals surface area (Å²) in [6.45, 7) is 4.95. The SMILES string of the molecule is CCCCC(CC)COc1cc(Cl)ccc1C(N)=NO. The van der Waals surface area contributed by atoms with E-state index in [1.807, 2.05) is 0 Å². The third kappa shape index (κ3) is 4.93. The molecule has 20 heavy (non-hydrogen) atoms. The number of ether oxygens (including phenoxy) is 1. The third-order valence-electron chi connectivity index (χ3n) is 3.35. The first-order valence-corrected chi connectivity index (χ1v) is 7.40. The highest BCUT2D eigenvalue weighted by molar-refractivity contribution is 6.30. The van der Waals surface area contributed by atoms with Crippen molar-refractivity contribution in [3.63, 3.8) is 0 Å². The van der Waals surface area contributed by atoms with Gasteiger partial charge in [0.25, 0.3) is 0 Å². The molecular formula is C15H23ClN2O2. The number of oxime groups is 1. The van der Waals surface area contributed by atoms with E-state index < -0.39 is 0 Å². The minimum absolute atomic E-state index is 0.0262. The van der Waals surface area contributed by atoms with Crippen molar-refractivity contribution in [2.75, 3.05) is 6.61 Å². The van der Waals surface area contributed by atoms with Gasteiger partial charge < -0.3 is 15.7 Å². The van der Waals surface area contributed by atoms with Gasteiger partial charge in [0.2, 0.25) is 0 Å². The molecule has 0 bridgehead atoms. The maximum absolute atomic E-state index is 8.80. The Morgan fingerprint density at radius 3 is 2.80 bits per heavy atom.